The van der Waals surface area contributed by atoms with Crippen molar-refractivity contribution in [2.75, 3.05) is 17.4 Å². The Hall–Kier alpha value is -3.21. The van der Waals surface area contributed by atoms with Crippen LogP contribution in [0.3, 0.4) is 0 Å². The predicted octanol–water partition coefficient (Wildman–Crippen LogP) is 1.38. The molecule has 1 aromatic carbocycles. The summed E-state index contributed by atoms with van der Waals surface area (Å²) in [4.78, 5) is 16.2. The first kappa shape index (κ1) is 13.5. The Morgan fingerprint density at radius 2 is 2.22 bits per heavy atom. The fourth-order valence-corrected chi connectivity index (χ4v) is 2.62. The highest BCUT2D eigenvalue weighted by Gasteiger charge is 2.15. The first-order chi connectivity index (χ1) is 11.3. The number of carbonyl (C=O) groups excluding carboxylic acids is 1. The number of carbonyl (C=O) groups is 1. The van der Waals surface area contributed by atoms with E-state index >= 15 is 0 Å². The van der Waals surface area contributed by atoms with Gasteiger partial charge < -0.3 is 14.8 Å². The van der Waals surface area contributed by atoms with Crippen LogP contribution in [0.5, 0.6) is 11.5 Å². The SMILES string of the molecule is O=C(Nc1nn[nH]n1)c1csc(Nc2ccc3c(c2)OCO3)n1. The number of rotatable bonds is 4. The standard InChI is InChI=1S/C12H9N7O3S/c20-10(15-11-16-18-19-17-11)7-4-23-12(14-7)13-6-1-2-8-9(3-6)22-5-21-8/h1-4H,5H2,(H,13,14)(H2,15,16,17,18,19,20). The zero-order valence-electron chi connectivity index (χ0n) is 11.4. The normalized spacial score (nSPS) is 12.2. The van der Waals surface area contributed by atoms with Crippen LogP contribution in [0.4, 0.5) is 16.8 Å². The number of aromatic amines is 1. The van der Waals surface area contributed by atoms with Gasteiger partial charge in [0.1, 0.15) is 5.69 Å². The molecule has 3 heterocycles. The van der Waals surface area contributed by atoms with Crippen molar-refractivity contribution in [1.82, 2.24) is 25.6 Å². The molecule has 0 unspecified atom stereocenters. The Labute approximate surface area is 132 Å². The molecule has 4 rings (SSSR count). The molecule has 1 aliphatic heterocycles. The molecular weight excluding hydrogens is 322 g/mol. The molecule has 1 aliphatic rings. The Morgan fingerprint density at radius 1 is 1.30 bits per heavy atom. The van der Waals surface area contributed by atoms with Crippen LogP contribution in [0.2, 0.25) is 0 Å². The third-order valence-electron chi connectivity index (χ3n) is 2.93. The molecule has 0 atom stereocenters. The highest BCUT2D eigenvalue weighted by molar-refractivity contribution is 7.14. The molecule has 116 valence electrons. The zero-order valence-corrected chi connectivity index (χ0v) is 12.3. The highest BCUT2D eigenvalue weighted by atomic mass is 32.1. The zero-order chi connectivity index (χ0) is 15.6. The van der Waals surface area contributed by atoms with E-state index in [1.165, 1.54) is 11.3 Å². The van der Waals surface area contributed by atoms with Gasteiger partial charge in [-0.1, -0.05) is 5.10 Å². The molecule has 23 heavy (non-hydrogen) atoms. The number of anilines is 3. The molecule has 2 aromatic heterocycles. The van der Waals surface area contributed by atoms with Crippen LogP contribution in [0.25, 0.3) is 0 Å². The minimum atomic E-state index is -0.415. The molecule has 3 N–H and O–H groups in total. The van der Waals surface area contributed by atoms with Gasteiger partial charge in [0.05, 0.1) is 0 Å². The Bertz CT molecular complexity index is 848. The number of benzene rings is 1. The molecule has 11 heteroatoms. The molecule has 3 aromatic rings. The predicted molar refractivity (Wildman–Crippen MR) is 80.1 cm³/mol. The maximum absolute atomic E-state index is 12.0. The number of amides is 1. The summed E-state index contributed by atoms with van der Waals surface area (Å²) in [5, 5.41) is 20.7. The van der Waals surface area contributed by atoms with E-state index in [1.54, 1.807) is 5.38 Å². The minimum absolute atomic E-state index is 0.0910. The number of ether oxygens (including phenoxy) is 2. The lowest BCUT2D eigenvalue weighted by atomic mass is 10.3. The number of nitrogens with one attached hydrogen (secondary N) is 3. The largest absolute Gasteiger partial charge is 0.454 e. The number of aromatic nitrogens is 5. The quantitative estimate of drug-likeness (QED) is 0.654. The van der Waals surface area contributed by atoms with Crippen LogP contribution >= 0.6 is 11.3 Å². The van der Waals surface area contributed by atoms with Gasteiger partial charge in [0.25, 0.3) is 11.9 Å². The molecular formula is C12H9N7O3S. The van der Waals surface area contributed by atoms with E-state index in [-0.39, 0.29) is 18.4 Å². The summed E-state index contributed by atoms with van der Waals surface area (Å²) in [6.45, 7) is 0.219. The summed E-state index contributed by atoms with van der Waals surface area (Å²) >= 11 is 1.30. The van der Waals surface area contributed by atoms with Gasteiger partial charge in [-0.2, -0.15) is 5.21 Å². The smallest absolute Gasteiger partial charge is 0.277 e. The lowest BCUT2D eigenvalue weighted by Gasteiger charge is -2.03. The molecule has 0 aliphatic carbocycles. The average Bonchev–Trinajstić information content (AvgIpc) is 3.27. The lowest BCUT2D eigenvalue weighted by molar-refractivity contribution is 0.102. The summed E-state index contributed by atoms with van der Waals surface area (Å²) in [7, 11) is 0. The Kier molecular flexibility index (Phi) is 3.24. The van der Waals surface area contributed by atoms with Gasteiger partial charge in [-0.25, -0.2) is 4.98 Å². The van der Waals surface area contributed by atoms with E-state index in [0.717, 1.165) is 5.69 Å². The van der Waals surface area contributed by atoms with E-state index < -0.39 is 5.91 Å². The number of H-pyrrole nitrogens is 1. The van der Waals surface area contributed by atoms with Crippen LogP contribution in [-0.4, -0.2) is 38.3 Å². The molecule has 0 saturated heterocycles. The van der Waals surface area contributed by atoms with Crippen LogP contribution in [-0.2, 0) is 0 Å². The fraction of sp³-hybridized carbons (Fsp3) is 0.0833. The first-order valence-corrected chi connectivity index (χ1v) is 7.33. The van der Waals surface area contributed by atoms with Gasteiger partial charge in [0.15, 0.2) is 16.6 Å². The number of hydrogen-bond donors (Lipinski definition) is 3. The number of thiazole rings is 1. The third-order valence-corrected chi connectivity index (χ3v) is 3.69. The van der Waals surface area contributed by atoms with Crippen LogP contribution in [0, 0.1) is 0 Å². The summed E-state index contributed by atoms with van der Waals surface area (Å²) in [6.07, 6.45) is 0. The van der Waals surface area contributed by atoms with Gasteiger partial charge in [0.2, 0.25) is 6.79 Å². The van der Waals surface area contributed by atoms with Crippen molar-refractivity contribution in [3.63, 3.8) is 0 Å². The second-order valence-electron chi connectivity index (χ2n) is 4.42. The van der Waals surface area contributed by atoms with E-state index in [9.17, 15) is 4.79 Å². The van der Waals surface area contributed by atoms with Gasteiger partial charge in [0, 0.05) is 17.1 Å². The summed E-state index contributed by atoms with van der Waals surface area (Å²) in [5.41, 5.74) is 1.04. The number of tetrazole rings is 1. The van der Waals surface area contributed by atoms with E-state index in [4.69, 9.17) is 9.47 Å². The molecule has 0 bridgehead atoms. The molecule has 1 amide bonds. The summed E-state index contributed by atoms with van der Waals surface area (Å²) in [6, 6.07) is 5.46. The molecule has 0 fully saturated rings. The maximum Gasteiger partial charge on any atom is 0.277 e. The van der Waals surface area contributed by atoms with Crippen LogP contribution < -0.4 is 20.1 Å². The van der Waals surface area contributed by atoms with Crippen LogP contribution in [0.1, 0.15) is 10.5 Å². The Balaban J connectivity index is 1.46. The number of hydrogen-bond acceptors (Lipinski definition) is 9. The Morgan fingerprint density at radius 3 is 3.09 bits per heavy atom. The van der Waals surface area contributed by atoms with E-state index in [2.05, 4.69) is 36.2 Å². The average molecular weight is 331 g/mol. The monoisotopic (exact) mass is 331 g/mol. The third kappa shape index (κ3) is 2.76. The van der Waals surface area contributed by atoms with Crippen LogP contribution in [0.15, 0.2) is 23.6 Å². The maximum atomic E-state index is 12.0. The topological polar surface area (TPSA) is 127 Å². The molecule has 0 radical (unpaired) electrons. The summed E-state index contributed by atoms with van der Waals surface area (Å²) in [5.74, 6) is 1.05. The first-order valence-electron chi connectivity index (χ1n) is 6.45. The van der Waals surface area contributed by atoms with Crippen molar-refractivity contribution < 1.29 is 14.3 Å². The number of nitrogens with zero attached hydrogens (tertiary/aromatic N) is 4. The second kappa shape index (κ2) is 5.53. The van der Waals surface area contributed by atoms with Gasteiger partial charge in [-0.05, 0) is 17.3 Å². The van der Waals surface area contributed by atoms with Crippen molar-refractivity contribution in [3.8, 4) is 11.5 Å². The van der Waals surface area contributed by atoms with Gasteiger partial charge in [-0.3, -0.25) is 10.1 Å². The van der Waals surface area contributed by atoms with E-state index in [0.29, 0.717) is 16.6 Å². The van der Waals surface area contributed by atoms with E-state index in [1.807, 2.05) is 18.2 Å². The summed E-state index contributed by atoms with van der Waals surface area (Å²) < 4.78 is 10.6. The van der Waals surface area contributed by atoms with Gasteiger partial charge >= 0.3 is 0 Å². The highest BCUT2D eigenvalue weighted by Crippen LogP contribution is 2.35. The van der Waals surface area contributed by atoms with Crippen molar-refractivity contribution in [2.45, 2.75) is 0 Å². The fourth-order valence-electron chi connectivity index (χ4n) is 1.91. The molecule has 10 nitrogen and oxygen atoms in total. The van der Waals surface area contributed by atoms with Crippen molar-refractivity contribution >= 4 is 34.0 Å². The van der Waals surface area contributed by atoms with Crippen molar-refractivity contribution in [3.05, 3.63) is 29.3 Å². The van der Waals surface area contributed by atoms with Crippen molar-refractivity contribution in [2.24, 2.45) is 0 Å². The number of fused-ring (bicyclic) bond motifs is 1. The minimum Gasteiger partial charge on any atom is -0.454 e. The van der Waals surface area contributed by atoms with Crippen molar-refractivity contribution in [1.29, 1.82) is 0 Å². The second-order valence-corrected chi connectivity index (χ2v) is 5.28. The molecule has 0 saturated carbocycles. The lowest BCUT2D eigenvalue weighted by Crippen LogP contribution is -2.13. The molecule has 0 spiro atoms. The van der Waals surface area contributed by atoms with Gasteiger partial charge in [-0.15, -0.1) is 16.4 Å².